The third-order valence-corrected chi connectivity index (χ3v) is 4.70. The first-order chi connectivity index (χ1) is 16.7. The van der Waals surface area contributed by atoms with Crippen LogP contribution in [0, 0.1) is 0 Å². The Kier molecular flexibility index (Phi) is 8.19. The summed E-state index contributed by atoms with van der Waals surface area (Å²) in [6.07, 6.45) is 1.03. The van der Waals surface area contributed by atoms with Gasteiger partial charge in [-0.3, -0.25) is 9.59 Å². The van der Waals surface area contributed by atoms with E-state index in [1.807, 2.05) is 6.92 Å². The lowest BCUT2D eigenvalue weighted by atomic mass is 10.1. The second-order valence-electron chi connectivity index (χ2n) is 7.31. The summed E-state index contributed by atoms with van der Waals surface area (Å²) >= 11 is 0. The van der Waals surface area contributed by atoms with Crippen molar-refractivity contribution in [2.75, 3.05) is 24.4 Å². The fourth-order valence-corrected chi connectivity index (χ4v) is 3.03. The molecule has 2 N–H and O–H groups in total. The van der Waals surface area contributed by atoms with Gasteiger partial charge in [0.15, 0.2) is 11.5 Å². The summed E-state index contributed by atoms with van der Waals surface area (Å²) in [6, 6.07) is 9.47. The van der Waals surface area contributed by atoms with Crippen molar-refractivity contribution < 1.29 is 36.7 Å². The Labute approximate surface area is 199 Å². The third kappa shape index (κ3) is 6.89. The highest BCUT2D eigenvalue weighted by molar-refractivity contribution is 6.05. The molecule has 0 fully saturated rings. The van der Waals surface area contributed by atoms with Gasteiger partial charge in [-0.25, -0.2) is 0 Å². The molecule has 0 aliphatic carbocycles. The smallest absolute Gasteiger partial charge is 0.418 e. The minimum atomic E-state index is -4.77. The fraction of sp³-hybridized carbons (Fsp3) is 0.200. The van der Waals surface area contributed by atoms with Crippen LogP contribution in [0.15, 0.2) is 65.5 Å². The van der Waals surface area contributed by atoms with Crippen molar-refractivity contribution in [1.29, 1.82) is 0 Å². The van der Waals surface area contributed by atoms with E-state index >= 15 is 0 Å². The molecule has 7 nitrogen and oxygen atoms in total. The number of ether oxygens (including phenoxy) is 2. The van der Waals surface area contributed by atoms with Crippen LogP contribution in [-0.4, -0.2) is 25.5 Å². The van der Waals surface area contributed by atoms with Crippen LogP contribution in [0.3, 0.4) is 0 Å². The summed E-state index contributed by atoms with van der Waals surface area (Å²) in [5.74, 6) is -0.386. The van der Waals surface area contributed by atoms with Crippen LogP contribution < -0.4 is 20.1 Å². The highest BCUT2D eigenvalue weighted by atomic mass is 19.4. The number of carbonyl (C=O) groups excluding carboxylic acids is 2. The second-order valence-corrected chi connectivity index (χ2v) is 7.31. The van der Waals surface area contributed by atoms with Crippen molar-refractivity contribution in [2.45, 2.75) is 19.5 Å². The normalized spacial score (nSPS) is 11.3. The molecule has 0 unspecified atom stereocenters. The van der Waals surface area contributed by atoms with Gasteiger partial charge in [0.05, 0.1) is 36.8 Å². The zero-order chi connectivity index (χ0) is 25.4. The van der Waals surface area contributed by atoms with E-state index in [0.29, 0.717) is 23.7 Å². The van der Waals surface area contributed by atoms with Crippen molar-refractivity contribution in [3.05, 3.63) is 77.8 Å². The van der Waals surface area contributed by atoms with Gasteiger partial charge in [-0.15, -0.1) is 0 Å². The Morgan fingerprint density at radius 3 is 2.51 bits per heavy atom. The molecule has 0 radical (unpaired) electrons. The zero-order valence-electron chi connectivity index (χ0n) is 18.9. The van der Waals surface area contributed by atoms with Crippen molar-refractivity contribution in [3.8, 4) is 11.5 Å². The Hall–Kier alpha value is -4.21. The van der Waals surface area contributed by atoms with Crippen molar-refractivity contribution in [3.63, 3.8) is 0 Å². The summed E-state index contributed by atoms with van der Waals surface area (Å²) in [5.41, 5.74) is -0.899. The van der Waals surface area contributed by atoms with E-state index in [4.69, 9.17) is 13.9 Å². The van der Waals surface area contributed by atoms with Gasteiger partial charge in [-0.1, -0.05) is 13.0 Å². The number of alkyl halides is 3. The second kappa shape index (κ2) is 11.3. The number of benzene rings is 2. The predicted molar refractivity (Wildman–Crippen MR) is 125 cm³/mol. The highest BCUT2D eigenvalue weighted by Crippen LogP contribution is 2.37. The standard InChI is InChI=1S/C25H23F3N2O5/c1-3-11-35-21-8-4-16(13-22(21)33-2)5-9-23(31)30-20-7-6-18(14-19(20)25(26,27)28)29-24(32)17-10-12-34-15-17/h4-10,12-15H,3,11H2,1-2H3,(H,29,32)(H,30,31)/b9-5+. The Morgan fingerprint density at radius 1 is 1.06 bits per heavy atom. The lowest BCUT2D eigenvalue weighted by molar-refractivity contribution is -0.136. The van der Waals surface area contributed by atoms with Gasteiger partial charge >= 0.3 is 6.18 Å². The Bertz CT molecular complexity index is 1200. The first-order valence-corrected chi connectivity index (χ1v) is 10.6. The number of rotatable bonds is 9. The number of amides is 2. The van der Waals surface area contributed by atoms with Crippen LogP contribution >= 0.6 is 0 Å². The van der Waals surface area contributed by atoms with Crippen LogP contribution in [0.5, 0.6) is 11.5 Å². The molecule has 3 aromatic rings. The number of carbonyl (C=O) groups is 2. The SMILES string of the molecule is CCCOc1ccc(/C=C/C(=O)Nc2ccc(NC(=O)c3ccoc3)cc2C(F)(F)F)cc1OC. The molecule has 3 rings (SSSR count). The summed E-state index contributed by atoms with van der Waals surface area (Å²) in [7, 11) is 1.48. The topological polar surface area (TPSA) is 89.8 Å². The van der Waals surface area contributed by atoms with Crippen LogP contribution in [0.4, 0.5) is 24.5 Å². The lowest BCUT2D eigenvalue weighted by Crippen LogP contribution is -2.16. The van der Waals surface area contributed by atoms with Crippen molar-refractivity contribution in [1.82, 2.24) is 0 Å². The number of furan rings is 1. The van der Waals surface area contributed by atoms with E-state index in [1.165, 1.54) is 37.8 Å². The van der Waals surface area contributed by atoms with Crippen molar-refractivity contribution in [2.24, 2.45) is 0 Å². The molecule has 0 aliphatic rings. The maximum absolute atomic E-state index is 13.6. The Balaban J connectivity index is 1.74. The van der Waals surface area contributed by atoms with Gasteiger partial charge in [0.1, 0.15) is 6.26 Å². The van der Waals surface area contributed by atoms with Crippen LogP contribution in [0.2, 0.25) is 0 Å². The summed E-state index contributed by atoms with van der Waals surface area (Å²) < 4.78 is 56.5. The molecule has 0 saturated heterocycles. The van der Waals surface area contributed by atoms with E-state index < -0.39 is 29.2 Å². The molecular weight excluding hydrogens is 465 g/mol. The van der Waals surface area contributed by atoms with Gasteiger partial charge in [0, 0.05) is 11.8 Å². The van der Waals surface area contributed by atoms with Gasteiger partial charge in [0.25, 0.3) is 5.91 Å². The van der Waals surface area contributed by atoms with E-state index in [2.05, 4.69) is 10.6 Å². The molecule has 0 spiro atoms. The number of nitrogens with one attached hydrogen (secondary N) is 2. The minimum Gasteiger partial charge on any atom is -0.493 e. The highest BCUT2D eigenvalue weighted by Gasteiger charge is 2.34. The largest absolute Gasteiger partial charge is 0.493 e. The molecule has 1 aromatic heterocycles. The van der Waals surface area contributed by atoms with Crippen molar-refractivity contribution >= 4 is 29.3 Å². The van der Waals surface area contributed by atoms with E-state index in [-0.39, 0.29) is 11.3 Å². The maximum Gasteiger partial charge on any atom is 0.418 e. The molecule has 1 heterocycles. The summed E-state index contributed by atoms with van der Waals surface area (Å²) in [6.45, 7) is 2.48. The quantitative estimate of drug-likeness (QED) is 0.361. The number of anilines is 2. The molecule has 2 amide bonds. The molecule has 35 heavy (non-hydrogen) atoms. The molecule has 184 valence electrons. The van der Waals surface area contributed by atoms with Gasteiger partial charge in [0.2, 0.25) is 5.91 Å². The average molecular weight is 488 g/mol. The monoisotopic (exact) mass is 488 g/mol. The van der Waals surface area contributed by atoms with Crippen LogP contribution in [-0.2, 0) is 11.0 Å². The average Bonchev–Trinajstić information content (AvgIpc) is 3.37. The predicted octanol–water partition coefficient (Wildman–Crippen LogP) is 6.00. The minimum absolute atomic E-state index is 0.0884. The number of hydrogen-bond donors (Lipinski definition) is 2. The van der Waals surface area contributed by atoms with E-state index in [1.54, 1.807) is 18.2 Å². The van der Waals surface area contributed by atoms with E-state index in [0.717, 1.165) is 24.6 Å². The lowest BCUT2D eigenvalue weighted by Gasteiger charge is -2.15. The zero-order valence-corrected chi connectivity index (χ0v) is 18.9. The van der Waals surface area contributed by atoms with E-state index in [9.17, 15) is 22.8 Å². The number of halogens is 3. The van der Waals surface area contributed by atoms with Crippen LogP contribution in [0.25, 0.3) is 6.08 Å². The molecule has 0 aliphatic heterocycles. The molecule has 0 bridgehead atoms. The number of hydrogen-bond acceptors (Lipinski definition) is 5. The Morgan fingerprint density at radius 2 is 1.86 bits per heavy atom. The number of methoxy groups -OCH3 is 1. The molecule has 10 heteroatoms. The van der Waals surface area contributed by atoms with Crippen LogP contribution in [0.1, 0.15) is 34.8 Å². The first kappa shape index (κ1) is 25.4. The maximum atomic E-state index is 13.6. The fourth-order valence-electron chi connectivity index (χ4n) is 3.03. The van der Waals surface area contributed by atoms with Gasteiger partial charge in [-0.2, -0.15) is 13.2 Å². The third-order valence-electron chi connectivity index (χ3n) is 4.70. The van der Waals surface area contributed by atoms with Gasteiger partial charge in [-0.05, 0) is 54.5 Å². The molecule has 0 saturated carbocycles. The first-order valence-electron chi connectivity index (χ1n) is 10.6. The molecule has 0 atom stereocenters. The summed E-state index contributed by atoms with van der Waals surface area (Å²) in [4.78, 5) is 24.4. The molecule has 2 aromatic carbocycles. The molecular formula is C25H23F3N2O5. The summed E-state index contributed by atoms with van der Waals surface area (Å²) in [5, 5.41) is 4.60. The van der Waals surface area contributed by atoms with Gasteiger partial charge < -0.3 is 24.5 Å².